The molecule has 1 aliphatic rings. The van der Waals surface area contributed by atoms with Crippen molar-refractivity contribution in [1.82, 2.24) is 9.55 Å². The number of ether oxygens (including phenoxy) is 1. The fraction of sp³-hybridized carbons (Fsp3) is 0.600. The molecule has 5 N–H and O–H groups in total. The first-order chi connectivity index (χ1) is 11.4. The van der Waals surface area contributed by atoms with Crippen molar-refractivity contribution in [2.24, 2.45) is 0 Å². The molecule has 3 unspecified atom stereocenters. The Labute approximate surface area is 197 Å². The van der Waals surface area contributed by atoms with Crippen LogP contribution in [0.25, 0.3) is 0 Å². The van der Waals surface area contributed by atoms with Gasteiger partial charge in [0, 0.05) is 18.2 Å². The normalized spacial score (nSPS) is 22.9. The molecule has 0 amide bonds. The zero-order valence-corrected chi connectivity index (χ0v) is 20.5. The van der Waals surface area contributed by atoms with E-state index >= 15 is 0 Å². The number of nitrogens with zero attached hydrogens (tertiary/aromatic N) is 1. The number of nitrogens with one attached hydrogen (secondary N) is 1. The maximum absolute atomic E-state index is 11.9. The molecular formula is C10H16N2Na2O11P2+2. The number of hydrogen-bond donors (Lipinski definition) is 5. The Bertz CT molecular complexity index is 732. The van der Waals surface area contributed by atoms with Crippen LogP contribution in [0.1, 0.15) is 18.2 Å². The van der Waals surface area contributed by atoms with Gasteiger partial charge < -0.3 is 14.5 Å². The number of aryl methyl sites for hydroxylation is 1. The summed E-state index contributed by atoms with van der Waals surface area (Å²) in [6.45, 7) is 0.699. The van der Waals surface area contributed by atoms with E-state index in [1.807, 2.05) is 4.98 Å². The summed E-state index contributed by atoms with van der Waals surface area (Å²) < 4.78 is 15.2. The molecule has 0 saturated carbocycles. The van der Waals surface area contributed by atoms with Crippen LogP contribution in [0.15, 0.2) is 15.8 Å². The molecular weight excluding hydrogens is 432 g/mol. The first-order valence-corrected chi connectivity index (χ1v) is 9.83. The number of aromatic amines is 1. The molecule has 13 nitrogen and oxygen atoms in total. The number of hydrogen-bond acceptors (Lipinski definition) is 11. The van der Waals surface area contributed by atoms with Gasteiger partial charge in [0.2, 0.25) is 0 Å². The van der Waals surface area contributed by atoms with E-state index < -0.39 is 52.6 Å². The maximum atomic E-state index is 11.9. The van der Waals surface area contributed by atoms with E-state index in [9.17, 15) is 19.4 Å². The average Bonchev–Trinajstić information content (AvgIpc) is 2.80. The molecule has 1 fully saturated rings. The summed E-state index contributed by atoms with van der Waals surface area (Å²) in [4.78, 5) is 82.5. The summed E-state index contributed by atoms with van der Waals surface area (Å²) in [6, 6.07) is 0. The predicted octanol–water partition coefficient (Wildman–Crippen LogP) is -9.41. The fourth-order valence-electron chi connectivity index (χ4n) is 2.28. The molecule has 0 aliphatic carbocycles. The monoisotopic (exact) mass is 448 g/mol. The van der Waals surface area contributed by atoms with Gasteiger partial charge in [-0.3, -0.25) is 14.3 Å². The summed E-state index contributed by atoms with van der Waals surface area (Å²) in [5.41, 5.74) is -1.25. The minimum Gasteiger partial charge on any atom is -0.606 e. The number of H-pyrrole nitrogens is 1. The van der Waals surface area contributed by atoms with E-state index in [1.165, 1.54) is 13.1 Å². The molecule has 17 heteroatoms. The van der Waals surface area contributed by atoms with E-state index in [2.05, 4.69) is 9.05 Å². The third-order valence-electron chi connectivity index (χ3n) is 3.32. The minimum atomic E-state index is -4.94. The average molecular weight is 448 g/mol. The summed E-state index contributed by atoms with van der Waals surface area (Å²) in [5.74, 6) is 0. The van der Waals surface area contributed by atoms with Crippen molar-refractivity contribution in [1.29, 1.82) is 0 Å². The van der Waals surface area contributed by atoms with E-state index in [0.29, 0.717) is 0 Å². The molecule has 0 aromatic carbocycles. The van der Waals surface area contributed by atoms with Gasteiger partial charge in [-0.1, -0.05) is 0 Å². The van der Waals surface area contributed by atoms with Crippen LogP contribution >= 0.6 is 16.3 Å². The summed E-state index contributed by atoms with van der Waals surface area (Å²) >= 11 is 0. The standard InChI is InChI=1S/C10H16N2O11P2.2Na/c1-5-3-12(10(14)11-9(5)13)8-2-6(23-25(18,19)20)7(22-8)4-21-24(15,16)17;;/h3,6-8H,2,4H2,1H3,(H,11,13,14)(H2,15,16,17)(H2,18,19,20);;/q;2*+1. The zero-order valence-electron chi connectivity index (χ0n) is 14.7. The van der Waals surface area contributed by atoms with E-state index in [0.717, 1.165) is 4.57 Å². The summed E-state index contributed by atoms with van der Waals surface area (Å²) in [7, 11) is -9.80. The molecule has 2 rings (SSSR count). The number of phosphoric acid groups is 2. The Balaban J connectivity index is 0.00000338. The molecule has 142 valence electrons. The van der Waals surface area contributed by atoms with Crippen LogP contribution in [0.3, 0.4) is 0 Å². The first kappa shape index (κ1) is 28.2. The first-order valence-electron chi connectivity index (χ1n) is 6.77. The second-order valence-corrected chi connectivity index (χ2v) is 7.70. The van der Waals surface area contributed by atoms with Gasteiger partial charge in [0.1, 0.15) is 25.0 Å². The largest absolute Gasteiger partial charge is 1.00 e. The van der Waals surface area contributed by atoms with E-state index in [1.54, 1.807) is 0 Å². The third kappa shape index (κ3) is 8.83. The molecule has 0 radical (unpaired) electrons. The van der Waals surface area contributed by atoms with E-state index in [-0.39, 0.29) is 71.1 Å². The van der Waals surface area contributed by atoms with Crippen LogP contribution in [-0.4, -0.2) is 47.9 Å². The Morgan fingerprint density at radius 2 is 1.85 bits per heavy atom. The van der Waals surface area contributed by atoms with Crippen molar-refractivity contribution < 1.29 is 102 Å². The topological polar surface area (TPSA) is 210 Å². The third-order valence-corrected chi connectivity index (χ3v) is 4.35. The molecule has 27 heavy (non-hydrogen) atoms. The number of phosphoric ester groups is 2. The fourth-order valence-corrected chi connectivity index (χ4v) is 3.19. The van der Waals surface area contributed by atoms with Crippen LogP contribution in [0.2, 0.25) is 0 Å². The van der Waals surface area contributed by atoms with Crippen molar-refractivity contribution >= 4 is 16.3 Å². The number of rotatable bonds is 6. The Hall–Kier alpha value is 1.18. The van der Waals surface area contributed by atoms with Gasteiger partial charge in [0.25, 0.3) is 5.56 Å². The van der Waals surface area contributed by atoms with Crippen molar-refractivity contribution in [3.63, 3.8) is 0 Å². The number of aromatic nitrogens is 2. The minimum absolute atomic E-state index is 0. The SMILES string of the molecule is Cc1cn(C2CC(O[P+]([O-])(O)O)C(CO[P+]([O-])(O)O)O2)c(=O)[nH]c1=O.[Na+].[Na+]. The van der Waals surface area contributed by atoms with Gasteiger partial charge in [0.15, 0.2) is 0 Å². The molecule has 1 aliphatic heterocycles. The van der Waals surface area contributed by atoms with Crippen molar-refractivity contribution in [3.8, 4) is 0 Å². The van der Waals surface area contributed by atoms with Gasteiger partial charge >= 0.3 is 81.1 Å². The quantitative estimate of drug-likeness (QED) is 0.204. The van der Waals surface area contributed by atoms with Crippen LogP contribution in [-0.2, 0) is 13.8 Å². The van der Waals surface area contributed by atoms with Crippen LogP contribution in [0.5, 0.6) is 0 Å². The smallest absolute Gasteiger partial charge is 0.606 e. The molecule has 3 atom stereocenters. The van der Waals surface area contributed by atoms with Crippen molar-refractivity contribution in [3.05, 3.63) is 32.6 Å². The van der Waals surface area contributed by atoms with Gasteiger partial charge in [-0.2, -0.15) is 28.6 Å². The Kier molecular flexibility index (Phi) is 11.5. The molecule has 1 saturated heterocycles. The van der Waals surface area contributed by atoms with Crippen molar-refractivity contribution in [2.75, 3.05) is 6.61 Å². The van der Waals surface area contributed by atoms with Gasteiger partial charge in [-0.05, 0) is 6.92 Å². The van der Waals surface area contributed by atoms with E-state index in [4.69, 9.17) is 24.3 Å². The second kappa shape index (κ2) is 11.0. The Morgan fingerprint density at radius 3 is 2.37 bits per heavy atom. The Morgan fingerprint density at radius 1 is 1.26 bits per heavy atom. The second-order valence-electron chi connectivity index (χ2n) is 5.26. The van der Waals surface area contributed by atoms with Crippen molar-refractivity contribution in [2.45, 2.75) is 31.8 Å². The maximum Gasteiger partial charge on any atom is 1.00 e. The van der Waals surface area contributed by atoms with Crippen LogP contribution < -0.4 is 80.2 Å². The molecule has 0 spiro atoms. The predicted molar refractivity (Wildman–Crippen MR) is 78.1 cm³/mol. The molecule has 1 aromatic rings. The van der Waals surface area contributed by atoms with Gasteiger partial charge in [-0.25, -0.2) is 4.79 Å². The van der Waals surface area contributed by atoms with Crippen LogP contribution in [0.4, 0.5) is 0 Å². The van der Waals surface area contributed by atoms with Crippen LogP contribution in [0, 0.1) is 6.92 Å². The zero-order chi connectivity index (χ0) is 19.0. The van der Waals surface area contributed by atoms with Gasteiger partial charge in [-0.15, -0.1) is 0 Å². The summed E-state index contributed by atoms with van der Waals surface area (Å²) in [6.07, 6.45) is -2.72. The molecule has 1 aromatic heterocycles. The molecule has 2 heterocycles. The summed E-state index contributed by atoms with van der Waals surface area (Å²) in [5, 5.41) is 0. The molecule has 0 bridgehead atoms. The van der Waals surface area contributed by atoms with Gasteiger partial charge in [0.05, 0.1) is 0 Å².